The summed E-state index contributed by atoms with van der Waals surface area (Å²) in [6.07, 6.45) is 0.657. The van der Waals surface area contributed by atoms with Crippen molar-refractivity contribution in [3.63, 3.8) is 0 Å². The van der Waals surface area contributed by atoms with Crippen LogP contribution in [0.25, 0.3) is 0 Å². The lowest BCUT2D eigenvalue weighted by molar-refractivity contribution is 0.325. The van der Waals surface area contributed by atoms with E-state index in [9.17, 15) is 0 Å². The van der Waals surface area contributed by atoms with Crippen LogP contribution < -0.4 is 0 Å². The maximum atomic E-state index is 7.18. The standard InChI is InChI=1S/C7H14N2O/c1-4-7(8)9-6(3)10-5-2/h8H,4-5H2,1-3H3. The molecule has 0 aliphatic heterocycles. The molecule has 58 valence electrons. The molecule has 0 amide bonds. The van der Waals surface area contributed by atoms with Gasteiger partial charge in [-0.15, -0.1) is 0 Å². The Morgan fingerprint density at radius 1 is 1.50 bits per heavy atom. The highest BCUT2D eigenvalue weighted by molar-refractivity contribution is 5.91. The van der Waals surface area contributed by atoms with E-state index in [2.05, 4.69) is 4.99 Å². The first kappa shape index (κ1) is 9.14. The van der Waals surface area contributed by atoms with Gasteiger partial charge in [-0.1, -0.05) is 6.92 Å². The molecule has 0 aliphatic rings. The van der Waals surface area contributed by atoms with Crippen molar-refractivity contribution < 1.29 is 4.74 Å². The maximum Gasteiger partial charge on any atom is 0.186 e. The Hall–Kier alpha value is -0.860. The van der Waals surface area contributed by atoms with Crippen LogP contribution in [0.4, 0.5) is 0 Å². The van der Waals surface area contributed by atoms with E-state index in [1.54, 1.807) is 6.92 Å². The number of ether oxygens (including phenoxy) is 1. The molecule has 10 heavy (non-hydrogen) atoms. The molecule has 0 aromatic carbocycles. The average molecular weight is 142 g/mol. The first-order valence-electron chi connectivity index (χ1n) is 3.46. The van der Waals surface area contributed by atoms with Crippen molar-refractivity contribution in [3.05, 3.63) is 0 Å². The van der Waals surface area contributed by atoms with Crippen molar-refractivity contribution >= 4 is 11.7 Å². The zero-order chi connectivity index (χ0) is 7.98. The first-order chi connectivity index (χ1) is 4.70. The fraction of sp³-hybridized carbons (Fsp3) is 0.714. The van der Waals surface area contributed by atoms with Gasteiger partial charge < -0.3 is 4.74 Å². The molecule has 0 atom stereocenters. The molecule has 0 spiro atoms. The van der Waals surface area contributed by atoms with E-state index in [4.69, 9.17) is 10.1 Å². The number of hydrogen-bond acceptors (Lipinski definition) is 2. The van der Waals surface area contributed by atoms with Gasteiger partial charge in [-0.2, -0.15) is 0 Å². The molecule has 0 rings (SSSR count). The van der Waals surface area contributed by atoms with E-state index in [1.807, 2.05) is 13.8 Å². The van der Waals surface area contributed by atoms with Gasteiger partial charge in [-0.25, -0.2) is 4.99 Å². The first-order valence-corrected chi connectivity index (χ1v) is 3.46. The zero-order valence-corrected chi connectivity index (χ0v) is 6.77. The summed E-state index contributed by atoms with van der Waals surface area (Å²) < 4.78 is 5.02. The average Bonchev–Trinajstić information content (AvgIpc) is 1.88. The Labute approximate surface area is 61.6 Å². The van der Waals surface area contributed by atoms with Gasteiger partial charge in [0.2, 0.25) is 0 Å². The minimum absolute atomic E-state index is 0.367. The van der Waals surface area contributed by atoms with Crippen LogP contribution >= 0.6 is 0 Å². The summed E-state index contributed by atoms with van der Waals surface area (Å²) in [7, 11) is 0. The fourth-order valence-corrected chi connectivity index (χ4v) is 0.510. The lowest BCUT2D eigenvalue weighted by atomic mass is 10.4. The summed E-state index contributed by atoms with van der Waals surface area (Å²) in [4.78, 5) is 3.86. The number of aliphatic imine (C=N–C) groups is 1. The fourth-order valence-electron chi connectivity index (χ4n) is 0.510. The van der Waals surface area contributed by atoms with Crippen molar-refractivity contribution in [2.24, 2.45) is 4.99 Å². The second-order valence-electron chi connectivity index (χ2n) is 1.86. The zero-order valence-electron chi connectivity index (χ0n) is 6.77. The van der Waals surface area contributed by atoms with Crippen molar-refractivity contribution in [1.29, 1.82) is 5.41 Å². The van der Waals surface area contributed by atoms with Gasteiger partial charge in [-0.3, -0.25) is 5.41 Å². The van der Waals surface area contributed by atoms with Gasteiger partial charge in [0.15, 0.2) is 5.90 Å². The summed E-state index contributed by atoms with van der Waals surface area (Å²) >= 11 is 0. The van der Waals surface area contributed by atoms with E-state index >= 15 is 0 Å². The highest BCUT2D eigenvalue weighted by Gasteiger charge is 1.90. The van der Waals surface area contributed by atoms with Gasteiger partial charge in [0, 0.05) is 13.3 Å². The molecular weight excluding hydrogens is 128 g/mol. The smallest absolute Gasteiger partial charge is 0.186 e. The van der Waals surface area contributed by atoms with E-state index in [-0.39, 0.29) is 0 Å². The molecule has 0 heterocycles. The van der Waals surface area contributed by atoms with Gasteiger partial charge in [0.1, 0.15) is 5.84 Å². The van der Waals surface area contributed by atoms with Gasteiger partial charge in [0.25, 0.3) is 0 Å². The van der Waals surface area contributed by atoms with Crippen LogP contribution in [0.3, 0.4) is 0 Å². The Morgan fingerprint density at radius 2 is 2.10 bits per heavy atom. The second kappa shape index (κ2) is 4.97. The third-order valence-corrected chi connectivity index (χ3v) is 0.981. The molecule has 3 heteroatoms. The van der Waals surface area contributed by atoms with Gasteiger partial charge in [-0.05, 0) is 6.92 Å². The molecule has 0 saturated carbocycles. The van der Waals surface area contributed by atoms with Crippen LogP contribution in [-0.4, -0.2) is 18.3 Å². The van der Waals surface area contributed by atoms with Crippen LogP contribution in [0.15, 0.2) is 4.99 Å². The predicted molar refractivity (Wildman–Crippen MR) is 42.8 cm³/mol. The van der Waals surface area contributed by atoms with Crippen molar-refractivity contribution in [2.45, 2.75) is 27.2 Å². The molecule has 0 aromatic heterocycles. The molecule has 1 N–H and O–H groups in total. The number of amidine groups is 1. The third-order valence-electron chi connectivity index (χ3n) is 0.981. The van der Waals surface area contributed by atoms with Crippen molar-refractivity contribution in [1.82, 2.24) is 0 Å². The normalized spacial score (nSPS) is 11.3. The van der Waals surface area contributed by atoms with E-state index in [0.717, 1.165) is 0 Å². The molecule has 0 radical (unpaired) electrons. The lowest BCUT2D eigenvalue weighted by Gasteiger charge is -1.99. The largest absolute Gasteiger partial charge is 0.481 e. The molecule has 0 fully saturated rings. The quantitative estimate of drug-likeness (QED) is 0.464. The summed E-state index contributed by atoms with van der Waals surface area (Å²) in [6.45, 7) is 6.17. The van der Waals surface area contributed by atoms with E-state index in [0.29, 0.717) is 24.8 Å². The van der Waals surface area contributed by atoms with Crippen LogP contribution in [0.1, 0.15) is 27.2 Å². The number of nitrogens with one attached hydrogen (secondary N) is 1. The van der Waals surface area contributed by atoms with Crippen LogP contribution in [0, 0.1) is 5.41 Å². The molecule has 0 bridgehead atoms. The van der Waals surface area contributed by atoms with Crippen molar-refractivity contribution in [3.8, 4) is 0 Å². The summed E-state index contributed by atoms with van der Waals surface area (Å²) in [5.41, 5.74) is 0. The van der Waals surface area contributed by atoms with Gasteiger partial charge in [0.05, 0.1) is 6.61 Å². The summed E-state index contributed by atoms with van der Waals surface area (Å²) in [6, 6.07) is 0. The monoisotopic (exact) mass is 142 g/mol. The highest BCUT2D eigenvalue weighted by Crippen LogP contribution is 1.87. The third kappa shape index (κ3) is 4.06. The highest BCUT2D eigenvalue weighted by atomic mass is 16.5. The molecule has 3 nitrogen and oxygen atoms in total. The van der Waals surface area contributed by atoms with Crippen LogP contribution in [0.5, 0.6) is 0 Å². The Balaban J connectivity index is 3.77. The Kier molecular flexibility index (Phi) is 4.54. The van der Waals surface area contributed by atoms with E-state index < -0.39 is 0 Å². The summed E-state index contributed by atoms with van der Waals surface area (Å²) in [5.74, 6) is 0.945. The second-order valence-corrected chi connectivity index (χ2v) is 1.86. The number of hydrogen-bond donors (Lipinski definition) is 1. The minimum Gasteiger partial charge on any atom is -0.481 e. The molecule has 0 aromatic rings. The maximum absolute atomic E-state index is 7.18. The Morgan fingerprint density at radius 3 is 2.50 bits per heavy atom. The topological polar surface area (TPSA) is 45.4 Å². The lowest BCUT2D eigenvalue weighted by Crippen LogP contribution is -2.02. The molecule has 0 saturated heterocycles. The minimum atomic E-state index is 0.367. The van der Waals surface area contributed by atoms with Crippen LogP contribution in [-0.2, 0) is 4.74 Å². The molecule has 0 aliphatic carbocycles. The molecular formula is C7H14N2O. The number of rotatable bonds is 2. The van der Waals surface area contributed by atoms with Crippen LogP contribution in [0.2, 0.25) is 0 Å². The van der Waals surface area contributed by atoms with E-state index in [1.165, 1.54) is 0 Å². The number of nitrogens with zero attached hydrogens (tertiary/aromatic N) is 1. The molecule has 0 unspecified atom stereocenters. The van der Waals surface area contributed by atoms with Crippen molar-refractivity contribution in [2.75, 3.05) is 6.61 Å². The predicted octanol–water partition coefficient (Wildman–Crippen LogP) is 1.83. The summed E-state index contributed by atoms with van der Waals surface area (Å²) in [5, 5.41) is 7.18. The Bertz CT molecular complexity index is 141. The SMILES string of the molecule is CCOC(C)=NC(=N)CC. The van der Waals surface area contributed by atoms with Gasteiger partial charge >= 0.3 is 0 Å².